The number of rotatable bonds is 5. The first-order valence-corrected chi connectivity index (χ1v) is 8.26. The molecule has 3 nitrogen and oxygen atoms in total. The summed E-state index contributed by atoms with van der Waals surface area (Å²) in [4.78, 5) is 11.4. The molecule has 1 fully saturated rings. The summed E-state index contributed by atoms with van der Waals surface area (Å²) in [6.07, 6.45) is 3.89. The van der Waals surface area contributed by atoms with E-state index in [-0.39, 0.29) is 11.3 Å². The van der Waals surface area contributed by atoms with Crippen molar-refractivity contribution in [3.8, 4) is 0 Å². The van der Waals surface area contributed by atoms with Crippen molar-refractivity contribution in [1.29, 1.82) is 0 Å². The van der Waals surface area contributed by atoms with Gasteiger partial charge in [-0.2, -0.15) is 0 Å². The molecule has 0 spiro atoms. The van der Waals surface area contributed by atoms with Crippen LogP contribution in [0.5, 0.6) is 0 Å². The second kappa shape index (κ2) is 6.15. The van der Waals surface area contributed by atoms with E-state index in [1.807, 2.05) is 19.1 Å². The monoisotopic (exact) mass is 327 g/mol. The van der Waals surface area contributed by atoms with Crippen molar-refractivity contribution in [1.82, 2.24) is 0 Å². The molecule has 1 aliphatic carbocycles. The van der Waals surface area contributed by atoms with Crippen LogP contribution in [0.25, 0.3) is 0 Å². The van der Waals surface area contributed by atoms with E-state index in [1.54, 1.807) is 0 Å². The SMILES string of the molecule is CCOC1CC(CC(Cl)c2cc3c(cc2Cl)NC(=O)C3)C1. The molecule has 1 aromatic carbocycles. The lowest BCUT2D eigenvalue weighted by Crippen LogP contribution is -2.31. The third kappa shape index (κ3) is 3.20. The first kappa shape index (κ1) is 15.1. The van der Waals surface area contributed by atoms with Crippen LogP contribution >= 0.6 is 23.2 Å². The van der Waals surface area contributed by atoms with Crippen LogP contribution in [0.2, 0.25) is 5.02 Å². The minimum atomic E-state index is -0.105. The molecule has 1 saturated carbocycles. The molecule has 1 N–H and O–H groups in total. The Morgan fingerprint density at radius 3 is 2.90 bits per heavy atom. The smallest absolute Gasteiger partial charge is 0.228 e. The number of nitrogens with one attached hydrogen (secondary N) is 1. The number of ether oxygens (including phenoxy) is 1. The summed E-state index contributed by atoms with van der Waals surface area (Å²) >= 11 is 12.9. The van der Waals surface area contributed by atoms with Crippen molar-refractivity contribution in [2.75, 3.05) is 11.9 Å². The average Bonchev–Trinajstić information content (AvgIpc) is 2.74. The van der Waals surface area contributed by atoms with Gasteiger partial charge >= 0.3 is 0 Å². The Balaban J connectivity index is 1.64. The highest BCUT2D eigenvalue weighted by atomic mass is 35.5. The van der Waals surface area contributed by atoms with Gasteiger partial charge in [0.05, 0.1) is 17.9 Å². The van der Waals surface area contributed by atoms with Gasteiger partial charge in [0.2, 0.25) is 5.91 Å². The van der Waals surface area contributed by atoms with Crippen LogP contribution in [0.3, 0.4) is 0 Å². The summed E-state index contributed by atoms with van der Waals surface area (Å²) in [5.41, 5.74) is 2.75. The van der Waals surface area contributed by atoms with Crippen molar-refractivity contribution in [3.05, 3.63) is 28.3 Å². The van der Waals surface area contributed by atoms with E-state index in [4.69, 9.17) is 27.9 Å². The second-order valence-corrected chi connectivity index (χ2v) is 6.81. The fourth-order valence-corrected chi connectivity index (χ4v) is 3.95. The molecule has 1 amide bonds. The number of hydrogen-bond acceptors (Lipinski definition) is 2. The Bertz CT molecular complexity index is 555. The summed E-state index contributed by atoms with van der Waals surface area (Å²) < 4.78 is 5.58. The average molecular weight is 328 g/mol. The van der Waals surface area contributed by atoms with Gasteiger partial charge in [-0.1, -0.05) is 17.7 Å². The van der Waals surface area contributed by atoms with E-state index < -0.39 is 0 Å². The highest BCUT2D eigenvalue weighted by Crippen LogP contribution is 2.42. The summed E-state index contributed by atoms with van der Waals surface area (Å²) in [5, 5.41) is 3.33. The van der Waals surface area contributed by atoms with Crippen LogP contribution in [0.1, 0.15) is 42.7 Å². The zero-order valence-corrected chi connectivity index (χ0v) is 13.5. The summed E-state index contributed by atoms with van der Waals surface area (Å²) in [7, 11) is 0. The highest BCUT2D eigenvalue weighted by molar-refractivity contribution is 6.33. The molecule has 0 saturated heterocycles. The number of halogens is 2. The largest absolute Gasteiger partial charge is 0.378 e. The maximum atomic E-state index is 11.4. The number of benzene rings is 1. The van der Waals surface area contributed by atoms with Crippen molar-refractivity contribution in [2.24, 2.45) is 5.92 Å². The van der Waals surface area contributed by atoms with Gasteiger partial charge < -0.3 is 10.1 Å². The summed E-state index contributed by atoms with van der Waals surface area (Å²) in [5.74, 6) is 0.621. The minimum Gasteiger partial charge on any atom is -0.378 e. The first-order valence-electron chi connectivity index (χ1n) is 7.44. The number of hydrogen-bond donors (Lipinski definition) is 1. The Kier molecular flexibility index (Phi) is 4.43. The van der Waals surface area contributed by atoms with Crippen molar-refractivity contribution < 1.29 is 9.53 Å². The number of carbonyl (C=O) groups excluding carboxylic acids is 1. The predicted molar refractivity (Wildman–Crippen MR) is 85.1 cm³/mol. The summed E-state index contributed by atoms with van der Waals surface area (Å²) in [6.45, 7) is 2.80. The molecule has 1 heterocycles. The molecule has 2 aliphatic rings. The van der Waals surface area contributed by atoms with Gasteiger partial charge in [0.15, 0.2) is 0 Å². The molecule has 3 rings (SSSR count). The lowest BCUT2D eigenvalue weighted by atomic mass is 9.78. The number of amides is 1. The standard InChI is InChI=1S/C16H19Cl2NO2/c1-2-21-11-3-9(4-11)5-13(17)12-6-10-7-16(20)19-15(10)8-14(12)18/h6,8-9,11,13H,2-5,7H2,1H3,(H,19,20). The highest BCUT2D eigenvalue weighted by Gasteiger charge is 2.32. The van der Waals surface area contributed by atoms with E-state index in [0.29, 0.717) is 23.5 Å². The quantitative estimate of drug-likeness (QED) is 0.818. The van der Waals surface area contributed by atoms with Crippen LogP contribution in [0.4, 0.5) is 5.69 Å². The molecule has 21 heavy (non-hydrogen) atoms. The van der Waals surface area contributed by atoms with Gasteiger partial charge in [0, 0.05) is 17.3 Å². The predicted octanol–water partition coefficient (Wildman–Crippen LogP) is 4.32. The molecule has 114 valence electrons. The van der Waals surface area contributed by atoms with Gasteiger partial charge in [0.1, 0.15) is 0 Å². The van der Waals surface area contributed by atoms with Crippen LogP contribution in [0, 0.1) is 5.92 Å². The maximum Gasteiger partial charge on any atom is 0.228 e. The molecule has 1 aromatic rings. The van der Waals surface area contributed by atoms with Crippen molar-refractivity contribution >= 4 is 34.8 Å². The van der Waals surface area contributed by atoms with E-state index in [0.717, 1.165) is 42.7 Å². The minimum absolute atomic E-state index is 0.0166. The van der Waals surface area contributed by atoms with Crippen molar-refractivity contribution in [2.45, 2.75) is 44.1 Å². The molecule has 0 aromatic heterocycles. The van der Waals surface area contributed by atoms with Crippen LogP contribution in [0.15, 0.2) is 12.1 Å². The zero-order chi connectivity index (χ0) is 15.0. The van der Waals surface area contributed by atoms with Gasteiger partial charge in [0.25, 0.3) is 0 Å². The van der Waals surface area contributed by atoms with Crippen LogP contribution in [-0.2, 0) is 16.0 Å². The van der Waals surface area contributed by atoms with E-state index in [1.165, 1.54) is 0 Å². The molecule has 1 unspecified atom stereocenters. The number of alkyl halides is 1. The Morgan fingerprint density at radius 1 is 1.43 bits per heavy atom. The third-order valence-electron chi connectivity index (χ3n) is 4.32. The van der Waals surface area contributed by atoms with E-state index >= 15 is 0 Å². The molecule has 5 heteroatoms. The van der Waals surface area contributed by atoms with Crippen LogP contribution < -0.4 is 5.32 Å². The Labute approximate surface area is 135 Å². The van der Waals surface area contributed by atoms with Gasteiger partial charge in [-0.05, 0) is 49.3 Å². The molecule has 0 bridgehead atoms. The fraction of sp³-hybridized carbons (Fsp3) is 0.562. The van der Waals surface area contributed by atoms with E-state index in [2.05, 4.69) is 5.32 Å². The van der Waals surface area contributed by atoms with Gasteiger partial charge in [-0.15, -0.1) is 11.6 Å². The Morgan fingerprint density at radius 2 is 2.19 bits per heavy atom. The number of anilines is 1. The van der Waals surface area contributed by atoms with Gasteiger partial charge in [-0.25, -0.2) is 0 Å². The first-order chi connectivity index (χ1) is 10.1. The molecule has 0 radical (unpaired) electrons. The normalized spacial score (nSPS) is 25.2. The van der Waals surface area contributed by atoms with Gasteiger partial charge in [-0.3, -0.25) is 4.79 Å². The molecule has 1 atom stereocenters. The second-order valence-electron chi connectivity index (χ2n) is 5.87. The fourth-order valence-electron chi connectivity index (χ4n) is 3.17. The third-order valence-corrected chi connectivity index (χ3v) is 5.06. The molecule has 1 aliphatic heterocycles. The topological polar surface area (TPSA) is 38.3 Å². The lowest BCUT2D eigenvalue weighted by Gasteiger charge is -2.36. The zero-order valence-electron chi connectivity index (χ0n) is 12.0. The van der Waals surface area contributed by atoms with E-state index in [9.17, 15) is 4.79 Å². The molecular weight excluding hydrogens is 309 g/mol. The number of fused-ring (bicyclic) bond motifs is 1. The Hall–Kier alpha value is -0.770. The van der Waals surface area contributed by atoms with Crippen LogP contribution in [-0.4, -0.2) is 18.6 Å². The molecular formula is C16H19Cl2NO2. The maximum absolute atomic E-state index is 11.4. The van der Waals surface area contributed by atoms with Crippen molar-refractivity contribution in [3.63, 3.8) is 0 Å². The number of carbonyl (C=O) groups is 1. The lowest BCUT2D eigenvalue weighted by molar-refractivity contribution is -0.115. The summed E-state index contributed by atoms with van der Waals surface area (Å²) in [6, 6.07) is 3.79.